The summed E-state index contributed by atoms with van der Waals surface area (Å²) < 4.78 is 7.80. The molecule has 2 aromatic heterocycles. The van der Waals surface area contributed by atoms with E-state index in [0.29, 0.717) is 11.6 Å². The molecule has 2 heterocycles. The van der Waals surface area contributed by atoms with Crippen molar-refractivity contribution < 1.29 is 4.74 Å². The van der Waals surface area contributed by atoms with E-state index in [1.165, 1.54) is 0 Å². The van der Waals surface area contributed by atoms with Crippen molar-refractivity contribution >= 4 is 11.5 Å². The van der Waals surface area contributed by atoms with E-state index in [0.717, 1.165) is 25.3 Å². The molecule has 0 amide bonds. The highest BCUT2D eigenvalue weighted by atomic mass is 16.5. The number of nitrogens with one attached hydrogen (secondary N) is 1. The van der Waals surface area contributed by atoms with Crippen LogP contribution in [0.2, 0.25) is 0 Å². The number of hydrogen-bond acceptors (Lipinski definition) is 5. The van der Waals surface area contributed by atoms with E-state index in [1.807, 2.05) is 50.0 Å². The molecule has 0 aliphatic rings. The summed E-state index contributed by atoms with van der Waals surface area (Å²) in [5, 5.41) is 3.28. The molecule has 3 N–H and O–H groups in total. The van der Waals surface area contributed by atoms with Crippen LogP contribution in [-0.2, 0) is 6.54 Å². The molecule has 6 nitrogen and oxygen atoms in total. The summed E-state index contributed by atoms with van der Waals surface area (Å²) in [6, 6.07) is 3.67. The number of rotatable bonds is 6. The zero-order valence-corrected chi connectivity index (χ0v) is 12.8. The van der Waals surface area contributed by atoms with Gasteiger partial charge in [-0.15, -0.1) is 0 Å². The van der Waals surface area contributed by atoms with Crippen LogP contribution in [-0.4, -0.2) is 26.7 Å². The van der Waals surface area contributed by atoms with Crippen molar-refractivity contribution in [1.29, 1.82) is 0 Å². The summed E-state index contributed by atoms with van der Waals surface area (Å²) >= 11 is 0. The SMILES string of the molecule is CC(C)(C)Oc1nc(NCCCn2ccnc2)ccc1N. The molecular formula is C15H23N5O. The summed E-state index contributed by atoms with van der Waals surface area (Å²) in [5.41, 5.74) is 6.12. The van der Waals surface area contributed by atoms with Crippen LogP contribution in [0.3, 0.4) is 0 Å². The Morgan fingerprint density at radius 3 is 2.81 bits per heavy atom. The molecule has 21 heavy (non-hydrogen) atoms. The van der Waals surface area contributed by atoms with E-state index in [2.05, 4.69) is 15.3 Å². The predicted molar refractivity (Wildman–Crippen MR) is 84.4 cm³/mol. The van der Waals surface area contributed by atoms with Crippen molar-refractivity contribution in [2.75, 3.05) is 17.6 Å². The smallest absolute Gasteiger partial charge is 0.239 e. The second kappa shape index (κ2) is 6.47. The summed E-state index contributed by atoms with van der Waals surface area (Å²) in [6.07, 6.45) is 6.54. The van der Waals surface area contributed by atoms with Gasteiger partial charge in [-0.3, -0.25) is 0 Å². The lowest BCUT2D eigenvalue weighted by atomic mass is 10.2. The highest BCUT2D eigenvalue weighted by Crippen LogP contribution is 2.24. The van der Waals surface area contributed by atoms with E-state index in [-0.39, 0.29) is 5.60 Å². The summed E-state index contributed by atoms with van der Waals surface area (Å²) in [5.74, 6) is 1.25. The van der Waals surface area contributed by atoms with Gasteiger partial charge in [0.25, 0.3) is 0 Å². The molecule has 2 aromatic rings. The molecule has 0 saturated carbocycles. The minimum Gasteiger partial charge on any atom is -0.470 e. The normalized spacial score (nSPS) is 11.4. The van der Waals surface area contributed by atoms with Crippen molar-refractivity contribution in [3.05, 3.63) is 30.9 Å². The molecule has 0 fully saturated rings. The molecule has 0 aliphatic heterocycles. The standard InChI is InChI=1S/C15H23N5O/c1-15(2,3)21-14-12(16)5-6-13(19-14)18-7-4-9-20-10-8-17-11-20/h5-6,8,10-11H,4,7,9,16H2,1-3H3,(H,18,19). The Morgan fingerprint density at radius 2 is 2.14 bits per heavy atom. The number of pyridine rings is 1. The quantitative estimate of drug-likeness (QED) is 0.799. The van der Waals surface area contributed by atoms with Crippen LogP contribution in [0.1, 0.15) is 27.2 Å². The van der Waals surface area contributed by atoms with Crippen LogP contribution in [0.5, 0.6) is 5.88 Å². The summed E-state index contributed by atoms with van der Waals surface area (Å²) in [4.78, 5) is 8.43. The summed E-state index contributed by atoms with van der Waals surface area (Å²) in [7, 11) is 0. The third kappa shape index (κ3) is 4.98. The van der Waals surface area contributed by atoms with E-state index in [9.17, 15) is 0 Å². The molecule has 0 bridgehead atoms. The van der Waals surface area contributed by atoms with Gasteiger partial charge in [-0.1, -0.05) is 0 Å². The maximum Gasteiger partial charge on any atom is 0.239 e. The van der Waals surface area contributed by atoms with Gasteiger partial charge >= 0.3 is 0 Å². The molecule has 0 unspecified atom stereocenters. The fourth-order valence-corrected chi connectivity index (χ4v) is 1.82. The van der Waals surface area contributed by atoms with Crippen molar-refractivity contribution in [3.8, 4) is 5.88 Å². The maximum atomic E-state index is 5.89. The van der Waals surface area contributed by atoms with E-state index >= 15 is 0 Å². The number of hydrogen-bond donors (Lipinski definition) is 2. The molecule has 0 aromatic carbocycles. The Hall–Kier alpha value is -2.24. The number of anilines is 2. The van der Waals surface area contributed by atoms with E-state index in [4.69, 9.17) is 10.5 Å². The van der Waals surface area contributed by atoms with Gasteiger partial charge in [-0.2, -0.15) is 4.98 Å². The average molecular weight is 289 g/mol. The first kappa shape index (κ1) is 15.2. The van der Waals surface area contributed by atoms with E-state index < -0.39 is 0 Å². The lowest BCUT2D eigenvalue weighted by Crippen LogP contribution is -2.24. The Labute approximate surface area is 125 Å². The van der Waals surface area contributed by atoms with Gasteiger partial charge in [-0.25, -0.2) is 4.98 Å². The fraction of sp³-hybridized carbons (Fsp3) is 0.467. The topological polar surface area (TPSA) is 78.0 Å². The first-order chi connectivity index (χ1) is 9.94. The molecular weight excluding hydrogens is 266 g/mol. The maximum absolute atomic E-state index is 5.89. The third-order valence-corrected chi connectivity index (χ3v) is 2.75. The number of aryl methyl sites for hydroxylation is 1. The first-order valence-electron chi connectivity index (χ1n) is 7.09. The van der Waals surface area contributed by atoms with Crippen LogP contribution >= 0.6 is 0 Å². The van der Waals surface area contributed by atoms with Crippen molar-refractivity contribution in [2.45, 2.75) is 39.3 Å². The van der Waals surface area contributed by atoms with Crippen molar-refractivity contribution in [1.82, 2.24) is 14.5 Å². The largest absolute Gasteiger partial charge is 0.470 e. The number of nitrogen functional groups attached to an aromatic ring is 1. The van der Waals surface area contributed by atoms with Crippen molar-refractivity contribution in [2.24, 2.45) is 0 Å². The van der Waals surface area contributed by atoms with Crippen LogP contribution in [0.4, 0.5) is 11.5 Å². The van der Waals surface area contributed by atoms with Crippen LogP contribution < -0.4 is 15.8 Å². The second-order valence-corrected chi connectivity index (χ2v) is 5.89. The van der Waals surface area contributed by atoms with E-state index in [1.54, 1.807) is 6.20 Å². The Bertz CT molecular complexity index is 560. The molecule has 2 rings (SSSR count). The molecule has 0 radical (unpaired) electrons. The zero-order valence-electron chi connectivity index (χ0n) is 12.8. The minimum atomic E-state index is -0.318. The minimum absolute atomic E-state index is 0.318. The number of imidazole rings is 1. The molecule has 0 spiro atoms. The number of ether oxygens (including phenoxy) is 1. The number of nitrogens with zero attached hydrogens (tertiary/aromatic N) is 3. The zero-order chi connectivity index (χ0) is 15.3. The molecule has 0 saturated heterocycles. The second-order valence-electron chi connectivity index (χ2n) is 5.89. The van der Waals surface area contributed by atoms with Gasteiger partial charge in [0.15, 0.2) is 0 Å². The molecule has 114 valence electrons. The van der Waals surface area contributed by atoms with Gasteiger partial charge in [0.1, 0.15) is 11.4 Å². The predicted octanol–water partition coefficient (Wildman–Crippen LogP) is 2.54. The summed E-state index contributed by atoms with van der Waals surface area (Å²) in [6.45, 7) is 7.66. The molecule has 6 heteroatoms. The van der Waals surface area contributed by atoms with Gasteiger partial charge in [0, 0.05) is 25.5 Å². The molecule has 0 aliphatic carbocycles. The van der Waals surface area contributed by atoms with Gasteiger partial charge < -0.3 is 20.4 Å². The van der Waals surface area contributed by atoms with Crippen LogP contribution in [0.15, 0.2) is 30.9 Å². The highest BCUT2D eigenvalue weighted by molar-refractivity contribution is 5.53. The molecule has 0 atom stereocenters. The Kier molecular flexibility index (Phi) is 4.67. The van der Waals surface area contributed by atoms with Gasteiger partial charge in [0.2, 0.25) is 5.88 Å². The number of nitrogens with two attached hydrogens (primary N) is 1. The Balaban J connectivity index is 1.87. The Morgan fingerprint density at radius 1 is 1.33 bits per heavy atom. The highest BCUT2D eigenvalue weighted by Gasteiger charge is 2.15. The number of aromatic nitrogens is 3. The first-order valence-corrected chi connectivity index (χ1v) is 7.09. The monoisotopic (exact) mass is 289 g/mol. The average Bonchev–Trinajstić information content (AvgIpc) is 2.90. The van der Waals surface area contributed by atoms with Crippen molar-refractivity contribution in [3.63, 3.8) is 0 Å². The third-order valence-electron chi connectivity index (χ3n) is 2.75. The lowest BCUT2D eigenvalue weighted by molar-refractivity contribution is 0.125. The fourth-order valence-electron chi connectivity index (χ4n) is 1.82. The van der Waals surface area contributed by atoms with Gasteiger partial charge in [-0.05, 0) is 39.3 Å². The van der Waals surface area contributed by atoms with Crippen LogP contribution in [0, 0.1) is 0 Å². The lowest BCUT2D eigenvalue weighted by Gasteiger charge is -2.21. The van der Waals surface area contributed by atoms with Gasteiger partial charge in [0.05, 0.1) is 12.0 Å². The van der Waals surface area contributed by atoms with Crippen LogP contribution in [0.25, 0.3) is 0 Å².